The van der Waals surface area contributed by atoms with E-state index in [2.05, 4.69) is 16.8 Å². The zero-order valence-corrected chi connectivity index (χ0v) is 9.96. The largest absolute Gasteiger partial charge is 0.314 e. The molecule has 2 nitrogen and oxygen atoms in total. The van der Waals surface area contributed by atoms with Gasteiger partial charge in [-0.05, 0) is 12.5 Å². The van der Waals surface area contributed by atoms with Crippen LogP contribution in [-0.4, -0.2) is 37.6 Å². The highest BCUT2D eigenvalue weighted by molar-refractivity contribution is 6.35. The Morgan fingerprint density at radius 2 is 1.93 bits per heavy atom. The van der Waals surface area contributed by atoms with Gasteiger partial charge < -0.3 is 5.32 Å². The van der Waals surface area contributed by atoms with Gasteiger partial charge in [0.05, 0.1) is 0 Å². The van der Waals surface area contributed by atoms with Gasteiger partial charge in [-0.1, -0.05) is 29.8 Å². The van der Waals surface area contributed by atoms with Crippen LogP contribution in [0.1, 0.15) is 6.92 Å². The number of hydrogen-bond acceptors (Lipinski definition) is 2. The predicted molar refractivity (Wildman–Crippen MR) is 62.9 cm³/mol. The Bertz CT molecular complexity index is 239. The zero-order chi connectivity index (χ0) is 10.6. The van der Waals surface area contributed by atoms with Gasteiger partial charge in [-0.3, -0.25) is 4.90 Å². The van der Waals surface area contributed by atoms with Crippen molar-refractivity contribution in [2.24, 2.45) is 0 Å². The molecule has 1 rings (SSSR count). The second kappa shape index (κ2) is 5.76. The van der Waals surface area contributed by atoms with E-state index < -0.39 is 0 Å². The molecule has 1 saturated heterocycles. The predicted octanol–water partition coefficient (Wildman–Crippen LogP) is 2.16. The summed E-state index contributed by atoms with van der Waals surface area (Å²) in [7, 11) is 0. The molecule has 0 atom stereocenters. The first-order chi connectivity index (χ1) is 6.61. The van der Waals surface area contributed by atoms with Crippen molar-refractivity contribution in [1.82, 2.24) is 10.2 Å². The van der Waals surface area contributed by atoms with E-state index in [4.69, 9.17) is 23.2 Å². The summed E-state index contributed by atoms with van der Waals surface area (Å²) < 4.78 is 0. The fourth-order valence-corrected chi connectivity index (χ4v) is 1.90. The highest BCUT2D eigenvalue weighted by Gasteiger charge is 2.13. The number of allylic oxidation sites excluding steroid dienone is 1. The number of piperazine rings is 1. The van der Waals surface area contributed by atoms with Gasteiger partial charge in [0.15, 0.2) is 0 Å². The normalized spacial score (nSPS) is 20.5. The topological polar surface area (TPSA) is 15.3 Å². The Hall–Kier alpha value is -0.0200. The monoisotopic (exact) mass is 234 g/mol. The molecule has 0 saturated carbocycles. The van der Waals surface area contributed by atoms with Crippen molar-refractivity contribution in [3.8, 4) is 0 Å². The average molecular weight is 235 g/mol. The summed E-state index contributed by atoms with van der Waals surface area (Å²) >= 11 is 11.8. The molecule has 0 aromatic heterocycles. The first-order valence-electron chi connectivity index (χ1n) is 4.74. The fraction of sp³-hybridized carbons (Fsp3) is 0.600. The second-order valence-corrected chi connectivity index (χ2v) is 4.47. The van der Waals surface area contributed by atoms with Gasteiger partial charge in [-0.2, -0.15) is 0 Å². The highest BCUT2D eigenvalue weighted by atomic mass is 35.5. The Morgan fingerprint density at radius 3 is 2.36 bits per heavy atom. The van der Waals surface area contributed by atoms with E-state index in [9.17, 15) is 0 Å². The Morgan fingerprint density at radius 1 is 1.36 bits per heavy atom. The smallest absolute Gasteiger partial charge is 0.0390 e. The fourth-order valence-electron chi connectivity index (χ4n) is 1.47. The van der Waals surface area contributed by atoms with Crippen molar-refractivity contribution in [2.75, 3.05) is 32.7 Å². The van der Waals surface area contributed by atoms with E-state index >= 15 is 0 Å². The molecule has 0 unspecified atom stereocenters. The van der Waals surface area contributed by atoms with Crippen LogP contribution in [0.3, 0.4) is 0 Å². The molecule has 0 bridgehead atoms. The molecule has 1 aliphatic rings. The summed E-state index contributed by atoms with van der Waals surface area (Å²) in [6.45, 7) is 10.5. The van der Waals surface area contributed by atoms with Gasteiger partial charge in [0.1, 0.15) is 0 Å². The number of nitrogens with zero attached hydrogens (tertiary/aromatic N) is 1. The minimum absolute atomic E-state index is 0.552. The van der Waals surface area contributed by atoms with Crippen molar-refractivity contribution >= 4 is 23.2 Å². The lowest BCUT2D eigenvalue weighted by Crippen LogP contribution is -2.44. The first kappa shape index (κ1) is 12.1. The van der Waals surface area contributed by atoms with E-state index in [0.717, 1.165) is 43.3 Å². The quantitative estimate of drug-likeness (QED) is 0.754. The standard InChI is InChI=1S/C10H16Cl2N2/c1-8(11)10(9(2)12)7-14-5-3-13-4-6-14/h13H,1,3-7H2,2H3/b10-9+. The molecule has 1 N–H and O–H groups in total. The molecule has 0 aromatic carbocycles. The molecule has 80 valence electrons. The van der Waals surface area contributed by atoms with Crippen LogP contribution in [0.15, 0.2) is 22.2 Å². The van der Waals surface area contributed by atoms with E-state index in [0.29, 0.717) is 5.03 Å². The van der Waals surface area contributed by atoms with Gasteiger partial charge in [0.2, 0.25) is 0 Å². The third-order valence-electron chi connectivity index (χ3n) is 2.33. The van der Waals surface area contributed by atoms with Crippen molar-refractivity contribution < 1.29 is 0 Å². The van der Waals surface area contributed by atoms with Gasteiger partial charge in [-0.25, -0.2) is 0 Å². The lowest BCUT2D eigenvalue weighted by molar-refractivity contribution is 0.261. The van der Waals surface area contributed by atoms with Crippen molar-refractivity contribution in [1.29, 1.82) is 0 Å². The Kier molecular flexibility index (Phi) is 4.96. The maximum absolute atomic E-state index is 5.95. The molecule has 4 heteroatoms. The summed E-state index contributed by atoms with van der Waals surface area (Å²) in [6.07, 6.45) is 0. The van der Waals surface area contributed by atoms with Crippen molar-refractivity contribution in [3.63, 3.8) is 0 Å². The van der Waals surface area contributed by atoms with Crippen LogP contribution in [0.25, 0.3) is 0 Å². The molecule has 0 amide bonds. The van der Waals surface area contributed by atoms with Gasteiger partial charge in [0, 0.05) is 42.8 Å². The average Bonchev–Trinajstić information content (AvgIpc) is 2.15. The van der Waals surface area contributed by atoms with Crippen molar-refractivity contribution in [2.45, 2.75) is 6.92 Å². The first-order valence-corrected chi connectivity index (χ1v) is 5.50. The molecular weight excluding hydrogens is 219 g/mol. The number of hydrogen-bond donors (Lipinski definition) is 1. The SMILES string of the molecule is C=C(Cl)/C(CN1CCNCC1)=C(\C)Cl. The summed E-state index contributed by atoms with van der Waals surface area (Å²) in [4.78, 5) is 2.32. The summed E-state index contributed by atoms with van der Waals surface area (Å²) in [5.74, 6) is 0. The third-order valence-corrected chi connectivity index (χ3v) is 2.79. The maximum atomic E-state index is 5.95. The van der Waals surface area contributed by atoms with Crippen LogP contribution in [0.2, 0.25) is 0 Å². The third kappa shape index (κ3) is 3.62. The Balaban J connectivity index is 2.55. The Labute approximate surface area is 95.6 Å². The molecule has 0 aliphatic carbocycles. The van der Waals surface area contributed by atoms with Crippen LogP contribution < -0.4 is 5.32 Å². The van der Waals surface area contributed by atoms with Crippen LogP contribution in [0.4, 0.5) is 0 Å². The van der Waals surface area contributed by atoms with E-state index in [1.165, 1.54) is 0 Å². The summed E-state index contributed by atoms with van der Waals surface area (Å²) in [5, 5.41) is 4.59. The molecule has 0 spiro atoms. The van der Waals surface area contributed by atoms with E-state index in [-0.39, 0.29) is 0 Å². The minimum atomic E-state index is 0.552. The lowest BCUT2D eigenvalue weighted by atomic mass is 10.2. The number of nitrogens with one attached hydrogen (secondary N) is 1. The molecule has 0 radical (unpaired) electrons. The lowest BCUT2D eigenvalue weighted by Gasteiger charge is -2.28. The van der Waals surface area contributed by atoms with Gasteiger partial charge in [0.25, 0.3) is 0 Å². The van der Waals surface area contributed by atoms with Crippen molar-refractivity contribution in [3.05, 3.63) is 22.2 Å². The van der Waals surface area contributed by atoms with Crippen LogP contribution in [0.5, 0.6) is 0 Å². The van der Waals surface area contributed by atoms with Gasteiger partial charge >= 0.3 is 0 Å². The maximum Gasteiger partial charge on any atom is 0.0390 e. The molecule has 1 fully saturated rings. The summed E-state index contributed by atoms with van der Waals surface area (Å²) in [5.41, 5.74) is 0.954. The van der Waals surface area contributed by atoms with Crippen LogP contribution >= 0.6 is 23.2 Å². The summed E-state index contributed by atoms with van der Waals surface area (Å²) in [6, 6.07) is 0. The number of rotatable bonds is 3. The highest BCUT2D eigenvalue weighted by Crippen LogP contribution is 2.20. The molecular formula is C10H16Cl2N2. The molecule has 14 heavy (non-hydrogen) atoms. The van der Waals surface area contributed by atoms with Gasteiger partial charge in [-0.15, -0.1) is 0 Å². The molecule has 1 heterocycles. The van der Waals surface area contributed by atoms with E-state index in [1.54, 1.807) is 0 Å². The number of halogens is 2. The van der Waals surface area contributed by atoms with Crippen LogP contribution in [0, 0.1) is 0 Å². The van der Waals surface area contributed by atoms with Crippen LogP contribution in [-0.2, 0) is 0 Å². The minimum Gasteiger partial charge on any atom is -0.314 e. The molecule has 0 aromatic rings. The van der Waals surface area contributed by atoms with E-state index in [1.807, 2.05) is 6.92 Å². The second-order valence-electron chi connectivity index (χ2n) is 3.44. The molecule has 1 aliphatic heterocycles. The zero-order valence-electron chi connectivity index (χ0n) is 8.45.